The Balaban J connectivity index is 1.34. The molecule has 10 heteroatoms. The van der Waals surface area contributed by atoms with E-state index < -0.39 is 0 Å². The van der Waals surface area contributed by atoms with Gasteiger partial charge in [0.25, 0.3) is 11.5 Å². The smallest absolute Gasteiger partial charge is 0.259 e. The maximum absolute atomic E-state index is 13.7. The average Bonchev–Trinajstić information content (AvgIpc) is 3.56. The summed E-state index contributed by atoms with van der Waals surface area (Å²) in [5.41, 5.74) is 2.92. The number of carbonyl (C=O) groups is 1. The van der Waals surface area contributed by atoms with E-state index in [-0.39, 0.29) is 23.6 Å². The van der Waals surface area contributed by atoms with E-state index in [1.54, 1.807) is 17.5 Å². The maximum atomic E-state index is 13.7. The van der Waals surface area contributed by atoms with Crippen LogP contribution < -0.4 is 5.56 Å². The van der Waals surface area contributed by atoms with Crippen LogP contribution in [0.2, 0.25) is 0 Å². The van der Waals surface area contributed by atoms with Crippen molar-refractivity contribution in [3.05, 3.63) is 56.4 Å². The number of fused-ring (bicyclic) bond motifs is 3. The van der Waals surface area contributed by atoms with Crippen LogP contribution in [0.25, 0.3) is 21.8 Å². The largest absolute Gasteiger partial charge is 0.381 e. The summed E-state index contributed by atoms with van der Waals surface area (Å²) in [6.45, 7) is 8.44. The Morgan fingerprint density at radius 1 is 1.22 bits per heavy atom. The summed E-state index contributed by atoms with van der Waals surface area (Å²) >= 11 is 1.67. The molecule has 4 aromatic rings. The van der Waals surface area contributed by atoms with E-state index >= 15 is 0 Å². The molecule has 1 atom stereocenters. The first-order valence-corrected chi connectivity index (χ1v) is 13.4. The van der Waals surface area contributed by atoms with Gasteiger partial charge in [-0.15, -0.1) is 11.3 Å². The van der Waals surface area contributed by atoms with Gasteiger partial charge in [0.15, 0.2) is 0 Å². The van der Waals surface area contributed by atoms with Crippen molar-refractivity contribution in [3.8, 4) is 0 Å². The number of rotatable bonds is 4. The van der Waals surface area contributed by atoms with Gasteiger partial charge in [-0.05, 0) is 44.4 Å². The van der Waals surface area contributed by atoms with Gasteiger partial charge in [-0.3, -0.25) is 19.2 Å². The number of hydrogen-bond acceptors (Lipinski definition) is 7. The van der Waals surface area contributed by atoms with E-state index in [9.17, 15) is 9.59 Å². The van der Waals surface area contributed by atoms with Gasteiger partial charge in [-0.1, -0.05) is 0 Å². The standard InChI is InChI=1S/C26H30N6O3S/c1-16-11-22-20(24-21(25(33)29-22)13-28-32(24)18-3-8-35-9-4-18)12-19(16)26(34)31-7-6-30(17(2)14-31)15-23-27-5-10-36-23/h5,10-13,17-18H,3-4,6-9,14-15H2,1-2H3,(H,29,33)/t17-/m0/s1. The summed E-state index contributed by atoms with van der Waals surface area (Å²) < 4.78 is 7.50. The predicted octanol–water partition coefficient (Wildman–Crippen LogP) is 3.34. The predicted molar refractivity (Wildman–Crippen MR) is 140 cm³/mol. The first-order valence-electron chi connectivity index (χ1n) is 12.5. The molecule has 188 valence electrons. The molecule has 1 aromatic carbocycles. The number of aryl methyl sites for hydroxylation is 1. The fraction of sp³-hybridized carbons (Fsp3) is 0.462. The number of aromatic nitrogens is 4. The lowest BCUT2D eigenvalue weighted by molar-refractivity contribution is 0.0494. The highest BCUT2D eigenvalue weighted by Gasteiger charge is 2.29. The molecule has 2 fully saturated rings. The van der Waals surface area contributed by atoms with Gasteiger partial charge in [0, 0.05) is 61.4 Å². The number of pyridine rings is 1. The first-order chi connectivity index (χ1) is 17.5. The Hall–Kier alpha value is -3.08. The molecule has 2 saturated heterocycles. The monoisotopic (exact) mass is 506 g/mol. The molecule has 6 rings (SSSR count). The number of hydrogen-bond donors (Lipinski definition) is 1. The summed E-state index contributed by atoms with van der Waals surface area (Å²) in [7, 11) is 0. The van der Waals surface area contributed by atoms with Crippen LogP contribution in [0.5, 0.6) is 0 Å². The minimum atomic E-state index is -0.153. The average molecular weight is 507 g/mol. The van der Waals surface area contributed by atoms with E-state index in [1.165, 1.54) is 0 Å². The van der Waals surface area contributed by atoms with Crippen LogP contribution in [0.4, 0.5) is 0 Å². The molecule has 0 unspecified atom stereocenters. The van der Waals surface area contributed by atoms with Crippen LogP contribution in [-0.2, 0) is 11.3 Å². The van der Waals surface area contributed by atoms with E-state index in [2.05, 4.69) is 26.9 Å². The lowest BCUT2D eigenvalue weighted by Crippen LogP contribution is -2.53. The minimum Gasteiger partial charge on any atom is -0.381 e. The lowest BCUT2D eigenvalue weighted by atomic mass is 10.0. The highest BCUT2D eigenvalue weighted by molar-refractivity contribution is 7.09. The fourth-order valence-corrected chi connectivity index (χ4v) is 6.16. The van der Waals surface area contributed by atoms with Crippen LogP contribution in [0.1, 0.15) is 46.7 Å². The molecule has 9 nitrogen and oxygen atoms in total. The van der Waals surface area contributed by atoms with Crippen molar-refractivity contribution in [2.75, 3.05) is 32.8 Å². The zero-order chi connectivity index (χ0) is 24.8. The van der Waals surface area contributed by atoms with Gasteiger partial charge in [0.1, 0.15) is 5.01 Å². The molecular weight excluding hydrogens is 476 g/mol. The molecule has 0 aliphatic carbocycles. The summed E-state index contributed by atoms with van der Waals surface area (Å²) in [6.07, 6.45) is 5.19. The van der Waals surface area contributed by atoms with Crippen molar-refractivity contribution in [3.63, 3.8) is 0 Å². The number of ether oxygens (including phenoxy) is 1. The van der Waals surface area contributed by atoms with Gasteiger partial charge in [-0.2, -0.15) is 5.10 Å². The third-order valence-corrected chi connectivity index (χ3v) is 8.31. The number of piperazine rings is 1. The summed E-state index contributed by atoms with van der Waals surface area (Å²) in [5.74, 6) is 0.0339. The Bertz CT molecular complexity index is 1470. The topological polar surface area (TPSA) is 96.3 Å². The van der Waals surface area contributed by atoms with Gasteiger partial charge < -0.3 is 14.6 Å². The normalized spacial score (nSPS) is 19.9. The number of aromatic amines is 1. The van der Waals surface area contributed by atoms with Gasteiger partial charge in [0.2, 0.25) is 0 Å². The summed E-state index contributed by atoms with van der Waals surface area (Å²) in [5, 5.41) is 9.12. The highest BCUT2D eigenvalue weighted by atomic mass is 32.1. The number of amides is 1. The second kappa shape index (κ2) is 9.42. The Morgan fingerprint density at radius 3 is 2.81 bits per heavy atom. The maximum Gasteiger partial charge on any atom is 0.259 e. The van der Waals surface area contributed by atoms with Crippen molar-refractivity contribution in [1.29, 1.82) is 0 Å². The molecule has 36 heavy (non-hydrogen) atoms. The number of carbonyl (C=O) groups excluding carboxylic acids is 1. The number of benzene rings is 1. The summed E-state index contributed by atoms with van der Waals surface area (Å²) in [6, 6.07) is 4.29. The number of nitrogens with one attached hydrogen (secondary N) is 1. The molecule has 5 heterocycles. The van der Waals surface area contributed by atoms with Gasteiger partial charge in [0.05, 0.1) is 35.2 Å². The first kappa shape index (κ1) is 23.3. The van der Waals surface area contributed by atoms with Gasteiger partial charge >= 0.3 is 0 Å². The third-order valence-electron chi connectivity index (χ3n) is 7.55. The molecule has 0 radical (unpaired) electrons. The molecule has 2 aliphatic heterocycles. The molecule has 0 saturated carbocycles. The minimum absolute atomic E-state index is 0.0339. The van der Waals surface area contributed by atoms with Crippen molar-refractivity contribution >= 4 is 39.0 Å². The van der Waals surface area contributed by atoms with Crippen molar-refractivity contribution < 1.29 is 9.53 Å². The molecule has 0 spiro atoms. The van der Waals surface area contributed by atoms with E-state index in [1.807, 2.05) is 40.2 Å². The molecule has 3 aromatic heterocycles. The Morgan fingerprint density at radius 2 is 2.06 bits per heavy atom. The highest BCUT2D eigenvalue weighted by Crippen LogP contribution is 2.30. The van der Waals surface area contributed by atoms with E-state index in [0.717, 1.165) is 52.9 Å². The Kier molecular flexibility index (Phi) is 6.10. The quantitative estimate of drug-likeness (QED) is 0.456. The zero-order valence-electron chi connectivity index (χ0n) is 20.6. The Labute approximate surface area is 212 Å². The molecular formula is C26H30N6O3S. The van der Waals surface area contributed by atoms with Crippen LogP contribution in [0.15, 0.2) is 34.7 Å². The number of nitrogens with zero attached hydrogens (tertiary/aromatic N) is 5. The third kappa shape index (κ3) is 4.12. The van der Waals surface area contributed by atoms with Crippen molar-refractivity contribution in [1.82, 2.24) is 29.5 Å². The fourth-order valence-electron chi connectivity index (χ4n) is 5.52. The second-order valence-corrected chi connectivity index (χ2v) is 10.8. The second-order valence-electron chi connectivity index (χ2n) is 9.86. The van der Waals surface area contributed by atoms with E-state index in [0.29, 0.717) is 37.3 Å². The molecule has 0 bridgehead atoms. The van der Waals surface area contributed by atoms with Crippen molar-refractivity contribution in [2.45, 2.75) is 45.3 Å². The molecule has 1 N–H and O–H groups in total. The van der Waals surface area contributed by atoms with Gasteiger partial charge in [-0.25, -0.2) is 4.98 Å². The lowest BCUT2D eigenvalue weighted by Gasteiger charge is -2.39. The zero-order valence-corrected chi connectivity index (χ0v) is 21.4. The summed E-state index contributed by atoms with van der Waals surface area (Å²) in [4.78, 5) is 38.3. The molecule has 2 aliphatic rings. The SMILES string of the molecule is Cc1cc2[nH]c(=O)c3cnn(C4CCOCC4)c3c2cc1C(=O)N1CCN(Cc2nccs2)[C@@H](C)C1. The van der Waals surface area contributed by atoms with E-state index in [4.69, 9.17) is 4.74 Å². The number of thiazole rings is 1. The van der Waals surface area contributed by atoms with Crippen LogP contribution in [-0.4, -0.2) is 74.3 Å². The van der Waals surface area contributed by atoms with Crippen LogP contribution in [0.3, 0.4) is 0 Å². The van der Waals surface area contributed by atoms with Crippen LogP contribution in [0, 0.1) is 6.92 Å². The molecule has 1 amide bonds. The van der Waals surface area contributed by atoms with Crippen LogP contribution >= 0.6 is 11.3 Å². The number of H-pyrrole nitrogens is 1. The van der Waals surface area contributed by atoms with Crippen molar-refractivity contribution in [2.24, 2.45) is 0 Å².